The van der Waals surface area contributed by atoms with Crippen LogP contribution in [0.5, 0.6) is 5.75 Å². The maximum Gasteiger partial charge on any atom is 0.255 e. The second kappa shape index (κ2) is 10.4. The maximum atomic E-state index is 13.3. The van der Waals surface area contributed by atoms with Crippen molar-refractivity contribution < 1.29 is 14.3 Å². The minimum Gasteiger partial charge on any atom is -0.496 e. The van der Waals surface area contributed by atoms with Crippen molar-refractivity contribution >= 4 is 23.6 Å². The van der Waals surface area contributed by atoms with Crippen LogP contribution in [0.2, 0.25) is 0 Å². The first kappa shape index (κ1) is 22.0. The topological polar surface area (TPSA) is 58.6 Å². The molecule has 2 amide bonds. The molecule has 1 atom stereocenters. The van der Waals surface area contributed by atoms with Crippen LogP contribution in [-0.2, 0) is 23.6 Å². The number of nitrogens with one attached hydrogen (secondary N) is 1. The van der Waals surface area contributed by atoms with Gasteiger partial charge in [-0.15, -0.1) is 0 Å². The number of para-hydroxylation sites is 1. The number of nitrogens with zero attached hydrogens (tertiary/aromatic N) is 1. The Bertz CT molecular complexity index is 1090. The molecule has 6 heteroatoms. The summed E-state index contributed by atoms with van der Waals surface area (Å²) in [6.45, 7) is 0.797. The minimum absolute atomic E-state index is 0.0849. The molecule has 5 nitrogen and oxygen atoms in total. The van der Waals surface area contributed by atoms with Gasteiger partial charge >= 0.3 is 0 Å². The van der Waals surface area contributed by atoms with Gasteiger partial charge in [0.1, 0.15) is 11.8 Å². The molecule has 4 rings (SSSR count). The third-order valence-corrected chi connectivity index (χ3v) is 6.65. The van der Waals surface area contributed by atoms with E-state index in [0.29, 0.717) is 24.4 Å². The molecule has 0 saturated carbocycles. The minimum atomic E-state index is -0.557. The van der Waals surface area contributed by atoms with Crippen molar-refractivity contribution in [1.82, 2.24) is 10.2 Å². The van der Waals surface area contributed by atoms with Crippen LogP contribution in [0.25, 0.3) is 0 Å². The SMILES string of the molecule is COc1ccccc1CNC(=O)C(CSCc1ccccc1)N1Cc2ccccc2C1=O. The van der Waals surface area contributed by atoms with Crippen molar-refractivity contribution in [2.75, 3.05) is 12.9 Å². The Balaban J connectivity index is 1.48. The van der Waals surface area contributed by atoms with Crippen LogP contribution >= 0.6 is 11.8 Å². The maximum absolute atomic E-state index is 13.3. The van der Waals surface area contributed by atoms with E-state index in [1.165, 1.54) is 5.56 Å². The summed E-state index contributed by atoms with van der Waals surface area (Å²) in [5.74, 6) is 1.79. The molecule has 0 aromatic heterocycles. The van der Waals surface area contributed by atoms with Gasteiger partial charge in [-0.1, -0.05) is 66.7 Å². The van der Waals surface area contributed by atoms with Crippen LogP contribution in [0.3, 0.4) is 0 Å². The average Bonchev–Trinajstić information content (AvgIpc) is 3.17. The molecule has 1 unspecified atom stereocenters. The van der Waals surface area contributed by atoms with Crippen LogP contribution in [0.4, 0.5) is 0 Å². The fourth-order valence-electron chi connectivity index (χ4n) is 3.85. The van der Waals surface area contributed by atoms with Gasteiger partial charge in [-0.3, -0.25) is 9.59 Å². The molecule has 3 aromatic carbocycles. The van der Waals surface area contributed by atoms with E-state index in [-0.39, 0.29) is 11.8 Å². The predicted molar refractivity (Wildman–Crippen MR) is 128 cm³/mol. The molecule has 1 N–H and O–H groups in total. The molecule has 1 heterocycles. The molecule has 0 radical (unpaired) electrons. The lowest BCUT2D eigenvalue weighted by molar-refractivity contribution is -0.125. The zero-order chi connectivity index (χ0) is 22.3. The Morgan fingerprint density at radius 1 is 1.03 bits per heavy atom. The molecular formula is C26H26N2O3S. The number of carbonyl (C=O) groups excluding carboxylic acids is 2. The van der Waals surface area contributed by atoms with Gasteiger partial charge < -0.3 is 15.0 Å². The highest BCUT2D eigenvalue weighted by Gasteiger charge is 2.36. The van der Waals surface area contributed by atoms with Crippen LogP contribution in [-0.4, -0.2) is 35.6 Å². The van der Waals surface area contributed by atoms with Crippen LogP contribution in [0.15, 0.2) is 78.9 Å². The monoisotopic (exact) mass is 446 g/mol. The lowest BCUT2D eigenvalue weighted by Gasteiger charge is -2.27. The third-order valence-electron chi connectivity index (χ3n) is 5.56. The summed E-state index contributed by atoms with van der Waals surface area (Å²) in [7, 11) is 1.61. The van der Waals surface area contributed by atoms with E-state index >= 15 is 0 Å². The highest BCUT2D eigenvalue weighted by molar-refractivity contribution is 7.98. The number of ether oxygens (including phenoxy) is 1. The summed E-state index contributed by atoms with van der Waals surface area (Å²) >= 11 is 1.66. The number of carbonyl (C=O) groups is 2. The summed E-state index contributed by atoms with van der Waals surface area (Å²) in [5, 5.41) is 3.02. The van der Waals surface area contributed by atoms with Crippen LogP contribution < -0.4 is 10.1 Å². The smallest absolute Gasteiger partial charge is 0.255 e. The van der Waals surface area contributed by atoms with E-state index < -0.39 is 6.04 Å². The van der Waals surface area contributed by atoms with Gasteiger partial charge in [0, 0.05) is 35.7 Å². The molecular weight excluding hydrogens is 420 g/mol. The zero-order valence-corrected chi connectivity index (χ0v) is 18.8. The molecule has 1 aliphatic rings. The Morgan fingerprint density at radius 3 is 2.53 bits per heavy atom. The Kier molecular flexibility index (Phi) is 7.12. The van der Waals surface area contributed by atoms with Crippen molar-refractivity contribution in [3.8, 4) is 5.75 Å². The number of methoxy groups -OCH3 is 1. The third kappa shape index (κ3) is 4.97. The zero-order valence-electron chi connectivity index (χ0n) is 18.0. The largest absolute Gasteiger partial charge is 0.496 e. The van der Waals surface area contributed by atoms with Gasteiger partial charge in [0.15, 0.2) is 0 Å². The standard InChI is InChI=1S/C26H26N2O3S/c1-31-24-14-8-6-11-20(24)15-27-25(29)23(18-32-17-19-9-3-2-4-10-19)28-16-21-12-5-7-13-22(21)26(28)30/h2-14,23H,15-18H2,1H3,(H,27,29). The second-order valence-electron chi connectivity index (χ2n) is 7.64. The molecule has 32 heavy (non-hydrogen) atoms. The summed E-state index contributed by atoms with van der Waals surface area (Å²) in [5.41, 5.74) is 3.74. The lowest BCUT2D eigenvalue weighted by Crippen LogP contribution is -2.48. The van der Waals surface area contributed by atoms with Gasteiger partial charge in [0.2, 0.25) is 5.91 Å². The quantitative estimate of drug-likeness (QED) is 0.533. The summed E-state index contributed by atoms with van der Waals surface area (Å²) in [4.78, 5) is 28.0. The van der Waals surface area contributed by atoms with Gasteiger partial charge in [-0.05, 0) is 23.3 Å². The van der Waals surface area contributed by atoms with E-state index in [1.807, 2.05) is 66.7 Å². The van der Waals surface area contributed by atoms with E-state index in [9.17, 15) is 9.59 Å². The van der Waals surface area contributed by atoms with Crippen molar-refractivity contribution in [2.45, 2.75) is 24.9 Å². The van der Waals surface area contributed by atoms with Gasteiger partial charge in [0.05, 0.1) is 7.11 Å². The van der Waals surface area contributed by atoms with Crippen molar-refractivity contribution in [3.63, 3.8) is 0 Å². The fraction of sp³-hybridized carbons (Fsp3) is 0.231. The molecule has 1 aliphatic heterocycles. The van der Waals surface area contributed by atoms with Gasteiger partial charge in [0.25, 0.3) is 5.91 Å². The van der Waals surface area contributed by atoms with E-state index in [0.717, 1.165) is 22.6 Å². The van der Waals surface area contributed by atoms with Crippen molar-refractivity contribution in [3.05, 3.63) is 101 Å². The number of hydrogen-bond donors (Lipinski definition) is 1. The van der Waals surface area contributed by atoms with Gasteiger partial charge in [-0.2, -0.15) is 11.8 Å². The number of rotatable bonds is 9. The number of hydrogen-bond acceptors (Lipinski definition) is 4. The first-order valence-corrected chi connectivity index (χ1v) is 11.7. The Morgan fingerprint density at radius 2 is 1.75 bits per heavy atom. The van der Waals surface area contributed by atoms with E-state index in [2.05, 4.69) is 17.4 Å². The predicted octanol–water partition coefficient (Wildman–Crippen LogP) is 4.27. The van der Waals surface area contributed by atoms with Gasteiger partial charge in [-0.25, -0.2) is 0 Å². The Hall–Kier alpha value is -3.25. The number of benzene rings is 3. The lowest BCUT2D eigenvalue weighted by atomic mass is 10.1. The number of amides is 2. The van der Waals surface area contributed by atoms with E-state index in [1.54, 1.807) is 23.8 Å². The molecule has 0 fully saturated rings. The van der Waals surface area contributed by atoms with E-state index in [4.69, 9.17) is 4.74 Å². The highest BCUT2D eigenvalue weighted by Crippen LogP contribution is 2.27. The first-order valence-electron chi connectivity index (χ1n) is 10.6. The molecule has 164 valence electrons. The molecule has 0 bridgehead atoms. The molecule has 0 saturated heterocycles. The second-order valence-corrected chi connectivity index (χ2v) is 8.67. The summed E-state index contributed by atoms with van der Waals surface area (Å²) < 4.78 is 5.39. The number of thioether (sulfide) groups is 1. The van der Waals surface area contributed by atoms with Crippen molar-refractivity contribution in [2.24, 2.45) is 0 Å². The fourth-order valence-corrected chi connectivity index (χ4v) is 4.95. The summed E-state index contributed by atoms with van der Waals surface area (Å²) in [6, 6.07) is 24.8. The molecule has 0 aliphatic carbocycles. The van der Waals surface area contributed by atoms with Crippen molar-refractivity contribution in [1.29, 1.82) is 0 Å². The summed E-state index contributed by atoms with van der Waals surface area (Å²) in [6.07, 6.45) is 0. The van der Waals surface area contributed by atoms with Crippen LogP contribution in [0.1, 0.15) is 27.0 Å². The first-order chi connectivity index (χ1) is 15.7. The Labute approximate surface area is 192 Å². The van der Waals surface area contributed by atoms with Crippen LogP contribution in [0, 0.1) is 0 Å². The average molecular weight is 447 g/mol. The molecule has 0 spiro atoms. The molecule has 3 aromatic rings. The highest BCUT2D eigenvalue weighted by atomic mass is 32.2. The normalized spacial score (nSPS) is 13.5. The number of fused-ring (bicyclic) bond motifs is 1.